The van der Waals surface area contributed by atoms with Crippen LogP contribution in [0.25, 0.3) is 0 Å². The van der Waals surface area contributed by atoms with Crippen molar-refractivity contribution in [1.29, 1.82) is 0 Å². The number of carbonyl (C=O) groups is 1. The van der Waals surface area contributed by atoms with Gasteiger partial charge in [-0.15, -0.1) is 0 Å². The van der Waals surface area contributed by atoms with Crippen LogP contribution in [0.5, 0.6) is 5.75 Å². The van der Waals surface area contributed by atoms with E-state index in [1.807, 2.05) is 30.3 Å². The van der Waals surface area contributed by atoms with Crippen molar-refractivity contribution in [1.82, 2.24) is 10.2 Å². The van der Waals surface area contributed by atoms with Crippen molar-refractivity contribution >= 4 is 5.91 Å². The van der Waals surface area contributed by atoms with Gasteiger partial charge in [0, 0.05) is 36.7 Å². The molecule has 7 heteroatoms. The first-order chi connectivity index (χ1) is 15.5. The molecule has 0 aliphatic carbocycles. The third-order valence-electron chi connectivity index (χ3n) is 6.59. The normalized spacial score (nSPS) is 25.2. The van der Waals surface area contributed by atoms with Crippen molar-refractivity contribution in [2.24, 2.45) is 5.92 Å². The lowest BCUT2D eigenvalue weighted by Crippen LogP contribution is -2.62. The lowest BCUT2D eigenvalue weighted by molar-refractivity contribution is -0.0252. The molecule has 2 saturated heterocycles. The van der Waals surface area contributed by atoms with Crippen molar-refractivity contribution in [3.63, 3.8) is 0 Å². The minimum atomic E-state index is -0.913. The Morgan fingerprint density at radius 3 is 2.53 bits per heavy atom. The Hall–Kier alpha value is -2.45. The largest absolute Gasteiger partial charge is 0.508 e. The average molecular weight is 441 g/mol. The summed E-state index contributed by atoms with van der Waals surface area (Å²) in [6.07, 6.45) is -0.233. The minimum absolute atomic E-state index is 0.0783. The molecule has 3 N–H and O–H groups in total. The Balaban J connectivity index is 1.55. The molecule has 2 aromatic carbocycles. The minimum Gasteiger partial charge on any atom is -0.508 e. The van der Waals surface area contributed by atoms with Gasteiger partial charge in [-0.3, -0.25) is 4.79 Å². The Morgan fingerprint density at radius 2 is 1.84 bits per heavy atom. The van der Waals surface area contributed by atoms with E-state index in [2.05, 4.69) is 10.2 Å². The van der Waals surface area contributed by atoms with E-state index in [4.69, 9.17) is 9.47 Å². The number of phenols is 1. The fourth-order valence-electron chi connectivity index (χ4n) is 4.72. The molecule has 7 nitrogen and oxygen atoms in total. The number of β-amino-alcohol motifs (C(OH)–C–C–N with tert-alkyl or cyclic N) is 1. The summed E-state index contributed by atoms with van der Waals surface area (Å²) in [5.41, 5.74) is 0.888. The molecule has 2 aliphatic rings. The van der Waals surface area contributed by atoms with Gasteiger partial charge in [0.25, 0.3) is 5.91 Å². The molecule has 172 valence electrons. The van der Waals surface area contributed by atoms with Crippen molar-refractivity contribution in [3.8, 4) is 5.75 Å². The van der Waals surface area contributed by atoms with Crippen LogP contribution in [-0.4, -0.2) is 73.2 Å². The van der Waals surface area contributed by atoms with E-state index in [-0.39, 0.29) is 17.6 Å². The molecule has 2 aromatic rings. The van der Waals surface area contributed by atoms with Crippen molar-refractivity contribution in [2.75, 3.05) is 46.1 Å². The Labute approximate surface area is 189 Å². The Bertz CT molecular complexity index is 914. The van der Waals surface area contributed by atoms with E-state index in [1.165, 1.54) is 0 Å². The lowest BCUT2D eigenvalue weighted by Gasteiger charge is -2.47. The highest BCUT2D eigenvalue weighted by molar-refractivity contribution is 5.96. The number of aromatic hydroxyl groups is 1. The molecule has 4 rings (SSSR count). The lowest BCUT2D eigenvalue weighted by atomic mass is 9.78. The van der Waals surface area contributed by atoms with Crippen molar-refractivity contribution in [2.45, 2.75) is 25.0 Å². The number of piperidine rings is 1. The van der Waals surface area contributed by atoms with Crippen LogP contribution in [0.2, 0.25) is 0 Å². The number of benzene rings is 2. The van der Waals surface area contributed by atoms with E-state index in [0.29, 0.717) is 50.5 Å². The number of hydrogen-bond acceptors (Lipinski definition) is 6. The standard InChI is InChI=1S/C25H32N2O5/c1-18-21(8-5-9-22(18)28)24(30)26-25(20-6-3-2-4-7-20)10-11-27(15-23(25)29)14-19-16-31-12-13-32-17-19/h2-9,19,23,28-29H,10-17H2,1H3,(H,26,30)/t23-,25+/m1/s1. The highest BCUT2D eigenvalue weighted by Crippen LogP contribution is 2.34. The van der Waals surface area contributed by atoms with Gasteiger partial charge in [-0.05, 0) is 31.0 Å². The van der Waals surface area contributed by atoms with Gasteiger partial charge in [0.1, 0.15) is 5.75 Å². The summed E-state index contributed by atoms with van der Waals surface area (Å²) in [7, 11) is 0. The number of nitrogens with zero attached hydrogens (tertiary/aromatic N) is 1. The zero-order valence-electron chi connectivity index (χ0n) is 18.5. The van der Waals surface area contributed by atoms with E-state index < -0.39 is 11.6 Å². The molecule has 2 heterocycles. The summed E-state index contributed by atoms with van der Waals surface area (Å²) in [6, 6.07) is 14.6. The van der Waals surface area contributed by atoms with Gasteiger partial charge in [-0.25, -0.2) is 0 Å². The summed E-state index contributed by atoms with van der Waals surface area (Å²) in [4.78, 5) is 15.5. The second kappa shape index (κ2) is 10.0. The number of ether oxygens (including phenoxy) is 2. The fourth-order valence-corrected chi connectivity index (χ4v) is 4.72. The molecule has 2 fully saturated rings. The first kappa shape index (κ1) is 22.7. The second-order valence-electron chi connectivity index (χ2n) is 8.78. The third-order valence-corrected chi connectivity index (χ3v) is 6.59. The molecule has 2 atom stereocenters. The molecule has 32 heavy (non-hydrogen) atoms. The monoisotopic (exact) mass is 440 g/mol. The first-order valence-corrected chi connectivity index (χ1v) is 11.2. The van der Waals surface area contributed by atoms with Gasteiger partial charge in [0.15, 0.2) is 0 Å². The van der Waals surface area contributed by atoms with Crippen LogP contribution in [0, 0.1) is 12.8 Å². The molecule has 0 aromatic heterocycles. The van der Waals surface area contributed by atoms with E-state index in [0.717, 1.165) is 18.7 Å². The second-order valence-corrected chi connectivity index (χ2v) is 8.78. The number of amides is 1. The van der Waals surface area contributed by atoms with E-state index in [1.54, 1.807) is 25.1 Å². The van der Waals surface area contributed by atoms with Gasteiger partial charge in [0.2, 0.25) is 0 Å². The molecule has 0 unspecified atom stereocenters. The molecule has 2 aliphatic heterocycles. The van der Waals surface area contributed by atoms with Crippen LogP contribution in [0.3, 0.4) is 0 Å². The predicted octanol–water partition coefficient (Wildman–Crippen LogP) is 2.06. The summed E-state index contributed by atoms with van der Waals surface area (Å²) < 4.78 is 11.2. The van der Waals surface area contributed by atoms with Crippen LogP contribution in [0.1, 0.15) is 27.9 Å². The molecule has 1 amide bonds. The fraction of sp³-hybridized carbons (Fsp3) is 0.480. The average Bonchev–Trinajstić information content (AvgIpc) is 3.07. The topological polar surface area (TPSA) is 91.3 Å². The van der Waals surface area contributed by atoms with E-state index in [9.17, 15) is 15.0 Å². The third kappa shape index (κ3) is 4.81. The maximum atomic E-state index is 13.3. The predicted molar refractivity (Wildman–Crippen MR) is 121 cm³/mol. The van der Waals surface area contributed by atoms with Crippen LogP contribution >= 0.6 is 0 Å². The zero-order valence-corrected chi connectivity index (χ0v) is 18.5. The van der Waals surface area contributed by atoms with Crippen LogP contribution in [0.4, 0.5) is 0 Å². The van der Waals surface area contributed by atoms with Gasteiger partial charge in [-0.2, -0.15) is 0 Å². The summed E-state index contributed by atoms with van der Waals surface area (Å²) in [5.74, 6) is 0.0356. The SMILES string of the molecule is Cc1c(O)cccc1C(=O)N[C@]1(c2ccccc2)CCN(CC2COCCOC2)C[C@H]1O. The van der Waals surface area contributed by atoms with Crippen LogP contribution < -0.4 is 5.32 Å². The number of phenolic OH excluding ortho intramolecular Hbond substituents is 1. The van der Waals surface area contributed by atoms with Crippen LogP contribution in [0.15, 0.2) is 48.5 Å². The number of aliphatic hydroxyl groups excluding tert-OH is 1. The van der Waals surface area contributed by atoms with Crippen LogP contribution in [-0.2, 0) is 15.0 Å². The maximum Gasteiger partial charge on any atom is 0.252 e. The Kier molecular flexibility index (Phi) is 7.10. The van der Waals surface area contributed by atoms with Gasteiger partial charge in [0.05, 0.1) is 38.1 Å². The molecular formula is C25H32N2O5. The van der Waals surface area contributed by atoms with Gasteiger partial charge in [-0.1, -0.05) is 36.4 Å². The summed E-state index contributed by atoms with van der Waals surface area (Å²) in [6.45, 7) is 6.21. The number of rotatable bonds is 5. The summed E-state index contributed by atoms with van der Waals surface area (Å²) in [5, 5.41) is 24.6. The number of likely N-dealkylation sites (tertiary alicyclic amines) is 1. The van der Waals surface area contributed by atoms with Gasteiger partial charge >= 0.3 is 0 Å². The number of carbonyl (C=O) groups excluding carboxylic acids is 1. The first-order valence-electron chi connectivity index (χ1n) is 11.2. The highest BCUT2D eigenvalue weighted by Gasteiger charge is 2.45. The highest BCUT2D eigenvalue weighted by atomic mass is 16.5. The smallest absolute Gasteiger partial charge is 0.252 e. The van der Waals surface area contributed by atoms with Crippen molar-refractivity contribution < 1.29 is 24.5 Å². The zero-order chi connectivity index (χ0) is 22.6. The van der Waals surface area contributed by atoms with Gasteiger partial charge < -0.3 is 29.9 Å². The van der Waals surface area contributed by atoms with E-state index >= 15 is 0 Å². The summed E-state index contributed by atoms with van der Waals surface area (Å²) >= 11 is 0. The molecular weight excluding hydrogens is 408 g/mol. The van der Waals surface area contributed by atoms with Crippen molar-refractivity contribution in [3.05, 3.63) is 65.2 Å². The number of aliphatic hydroxyl groups is 1. The molecule has 0 saturated carbocycles. The molecule has 0 bridgehead atoms. The number of nitrogens with one attached hydrogen (secondary N) is 1. The Morgan fingerprint density at radius 1 is 1.12 bits per heavy atom. The quantitative estimate of drug-likeness (QED) is 0.659. The number of hydrogen-bond donors (Lipinski definition) is 3. The maximum absolute atomic E-state index is 13.3. The molecule has 0 radical (unpaired) electrons. The molecule has 0 spiro atoms.